The van der Waals surface area contributed by atoms with Gasteiger partial charge in [0.25, 0.3) is 0 Å². The van der Waals surface area contributed by atoms with E-state index in [0.717, 1.165) is 5.56 Å². The molecule has 0 atom stereocenters. The molecule has 2 amide bonds. The molecular weight excluding hydrogens is 294 g/mol. The zero-order valence-corrected chi connectivity index (χ0v) is 14.0. The van der Waals surface area contributed by atoms with Crippen LogP contribution in [0.4, 0.5) is 10.6 Å². The number of hydrogen-bond acceptors (Lipinski definition) is 4. The SMILES string of the molecule is Cc1ccc(NC(=O)C2CCN(C(=O)OCC(C)C)CC2)nc1. The lowest BCUT2D eigenvalue weighted by Crippen LogP contribution is -2.42. The Morgan fingerprint density at radius 1 is 1.35 bits per heavy atom. The van der Waals surface area contributed by atoms with Gasteiger partial charge in [-0.15, -0.1) is 0 Å². The van der Waals surface area contributed by atoms with E-state index in [1.165, 1.54) is 0 Å². The highest BCUT2D eigenvalue weighted by atomic mass is 16.6. The minimum Gasteiger partial charge on any atom is -0.449 e. The predicted octanol–water partition coefficient (Wildman–Crippen LogP) is 2.83. The van der Waals surface area contributed by atoms with Gasteiger partial charge < -0.3 is 15.0 Å². The number of aromatic nitrogens is 1. The van der Waals surface area contributed by atoms with E-state index in [9.17, 15) is 9.59 Å². The molecule has 2 rings (SSSR count). The number of ether oxygens (including phenoxy) is 1. The quantitative estimate of drug-likeness (QED) is 0.926. The van der Waals surface area contributed by atoms with E-state index in [0.29, 0.717) is 44.3 Å². The maximum absolute atomic E-state index is 12.3. The van der Waals surface area contributed by atoms with Crippen LogP contribution in [0.2, 0.25) is 0 Å². The van der Waals surface area contributed by atoms with Crippen molar-refractivity contribution in [2.24, 2.45) is 11.8 Å². The van der Waals surface area contributed by atoms with Gasteiger partial charge >= 0.3 is 6.09 Å². The molecule has 0 radical (unpaired) electrons. The van der Waals surface area contributed by atoms with Crippen molar-refractivity contribution in [1.82, 2.24) is 9.88 Å². The van der Waals surface area contributed by atoms with Crippen LogP contribution in [0.1, 0.15) is 32.3 Å². The highest BCUT2D eigenvalue weighted by Gasteiger charge is 2.28. The number of aryl methyl sites for hydroxylation is 1. The van der Waals surface area contributed by atoms with Gasteiger partial charge in [-0.25, -0.2) is 9.78 Å². The molecule has 0 aromatic carbocycles. The average molecular weight is 319 g/mol. The fourth-order valence-corrected chi connectivity index (χ4v) is 2.42. The van der Waals surface area contributed by atoms with Gasteiger partial charge in [-0.1, -0.05) is 19.9 Å². The van der Waals surface area contributed by atoms with Crippen molar-refractivity contribution in [1.29, 1.82) is 0 Å². The summed E-state index contributed by atoms with van der Waals surface area (Å²) in [7, 11) is 0. The van der Waals surface area contributed by atoms with Gasteiger partial charge in [-0.05, 0) is 37.3 Å². The van der Waals surface area contributed by atoms with Gasteiger partial charge in [-0.3, -0.25) is 4.79 Å². The summed E-state index contributed by atoms with van der Waals surface area (Å²) >= 11 is 0. The summed E-state index contributed by atoms with van der Waals surface area (Å²) in [4.78, 5) is 30.0. The fraction of sp³-hybridized carbons (Fsp3) is 0.588. The van der Waals surface area contributed by atoms with Crippen LogP contribution in [-0.2, 0) is 9.53 Å². The summed E-state index contributed by atoms with van der Waals surface area (Å²) in [5.74, 6) is 0.771. The number of rotatable bonds is 4. The fourth-order valence-electron chi connectivity index (χ4n) is 2.42. The maximum Gasteiger partial charge on any atom is 0.409 e. The molecule has 1 aliphatic heterocycles. The number of hydrogen-bond donors (Lipinski definition) is 1. The summed E-state index contributed by atoms with van der Waals surface area (Å²) in [6, 6.07) is 3.71. The van der Waals surface area contributed by atoms with Crippen molar-refractivity contribution >= 4 is 17.8 Å². The topological polar surface area (TPSA) is 71.5 Å². The Balaban J connectivity index is 1.78. The average Bonchev–Trinajstić information content (AvgIpc) is 2.55. The highest BCUT2D eigenvalue weighted by Crippen LogP contribution is 2.19. The van der Waals surface area contributed by atoms with Crippen LogP contribution in [-0.4, -0.2) is 41.6 Å². The van der Waals surface area contributed by atoms with Crippen molar-refractivity contribution in [3.63, 3.8) is 0 Å². The number of nitrogens with zero attached hydrogens (tertiary/aromatic N) is 2. The summed E-state index contributed by atoms with van der Waals surface area (Å²) in [6.07, 6.45) is 2.74. The molecular formula is C17H25N3O3. The van der Waals surface area contributed by atoms with E-state index >= 15 is 0 Å². The third-order valence-corrected chi connectivity index (χ3v) is 3.83. The van der Waals surface area contributed by atoms with Crippen molar-refractivity contribution in [2.75, 3.05) is 25.0 Å². The first-order valence-electron chi connectivity index (χ1n) is 8.11. The van der Waals surface area contributed by atoms with Crippen molar-refractivity contribution in [3.05, 3.63) is 23.9 Å². The van der Waals surface area contributed by atoms with Crippen molar-refractivity contribution < 1.29 is 14.3 Å². The second-order valence-corrected chi connectivity index (χ2v) is 6.44. The first-order valence-corrected chi connectivity index (χ1v) is 8.11. The molecule has 126 valence electrons. The number of likely N-dealkylation sites (tertiary alicyclic amines) is 1. The van der Waals surface area contributed by atoms with Crippen LogP contribution in [0.5, 0.6) is 0 Å². The molecule has 1 saturated heterocycles. The normalized spacial score (nSPS) is 15.6. The second kappa shape index (κ2) is 7.94. The molecule has 6 nitrogen and oxygen atoms in total. The molecule has 1 aromatic heterocycles. The number of piperidine rings is 1. The number of carbonyl (C=O) groups excluding carboxylic acids is 2. The lowest BCUT2D eigenvalue weighted by Gasteiger charge is -2.30. The molecule has 0 aliphatic carbocycles. The third kappa shape index (κ3) is 5.23. The Labute approximate surface area is 137 Å². The van der Waals surface area contributed by atoms with E-state index in [4.69, 9.17) is 4.74 Å². The molecule has 0 unspecified atom stereocenters. The monoisotopic (exact) mass is 319 g/mol. The Morgan fingerprint density at radius 2 is 2.04 bits per heavy atom. The molecule has 2 heterocycles. The highest BCUT2D eigenvalue weighted by molar-refractivity contribution is 5.91. The van der Waals surface area contributed by atoms with E-state index in [2.05, 4.69) is 10.3 Å². The van der Waals surface area contributed by atoms with E-state index in [1.54, 1.807) is 17.2 Å². The first-order chi connectivity index (χ1) is 11.0. The zero-order chi connectivity index (χ0) is 16.8. The number of amides is 2. The number of carbonyl (C=O) groups is 2. The van der Waals surface area contributed by atoms with Crippen LogP contribution in [0.3, 0.4) is 0 Å². The molecule has 0 bridgehead atoms. The number of pyridine rings is 1. The van der Waals surface area contributed by atoms with Gasteiger partial charge in [-0.2, -0.15) is 0 Å². The van der Waals surface area contributed by atoms with Gasteiger partial charge in [0.2, 0.25) is 5.91 Å². The summed E-state index contributed by atoms with van der Waals surface area (Å²) < 4.78 is 5.22. The Kier molecular flexibility index (Phi) is 5.96. The predicted molar refractivity (Wildman–Crippen MR) is 88.1 cm³/mol. The standard InChI is InChI=1S/C17H25N3O3/c1-12(2)11-23-17(22)20-8-6-14(7-9-20)16(21)19-15-5-4-13(3)10-18-15/h4-5,10,12,14H,6-9,11H2,1-3H3,(H,18,19,21). The summed E-state index contributed by atoms with van der Waals surface area (Å²) in [6.45, 7) is 7.49. The minimum atomic E-state index is -0.280. The lowest BCUT2D eigenvalue weighted by atomic mass is 9.96. The van der Waals surface area contributed by atoms with Crippen molar-refractivity contribution in [2.45, 2.75) is 33.6 Å². The van der Waals surface area contributed by atoms with E-state index < -0.39 is 0 Å². The summed E-state index contributed by atoms with van der Waals surface area (Å²) in [5, 5.41) is 2.84. The van der Waals surface area contributed by atoms with Gasteiger partial charge in [0, 0.05) is 25.2 Å². The van der Waals surface area contributed by atoms with Gasteiger partial charge in [0.1, 0.15) is 5.82 Å². The lowest BCUT2D eigenvalue weighted by molar-refractivity contribution is -0.121. The zero-order valence-electron chi connectivity index (χ0n) is 14.0. The van der Waals surface area contributed by atoms with E-state index in [1.807, 2.05) is 26.8 Å². The van der Waals surface area contributed by atoms with Crippen LogP contribution in [0.15, 0.2) is 18.3 Å². The molecule has 1 fully saturated rings. The molecule has 0 saturated carbocycles. The molecule has 1 aliphatic rings. The summed E-state index contributed by atoms with van der Waals surface area (Å²) in [5.41, 5.74) is 1.05. The Hall–Kier alpha value is -2.11. The van der Waals surface area contributed by atoms with E-state index in [-0.39, 0.29) is 17.9 Å². The first kappa shape index (κ1) is 17.2. The largest absolute Gasteiger partial charge is 0.449 e. The number of nitrogens with one attached hydrogen (secondary N) is 1. The minimum absolute atomic E-state index is 0.0310. The van der Waals surface area contributed by atoms with Crippen LogP contribution >= 0.6 is 0 Å². The maximum atomic E-state index is 12.3. The second-order valence-electron chi connectivity index (χ2n) is 6.44. The molecule has 0 spiro atoms. The number of anilines is 1. The Morgan fingerprint density at radius 3 is 2.61 bits per heavy atom. The third-order valence-electron chi connectivity index (χ3n) is 3.83. The van der Waals surface area contributed by atoms with Crippen LogP contribution in [0, 0.1) is 18.8 Å². The Bertz CT molecular complexity index is 535. The van der Waals surface area contributed by atoms with Crippen LogP contribution in [0.25, 0.3) is 0 Å². The van der Waals surface area contributed by atoms with Crippen molar-refractivity contribution in [3.8, 4) is 0 Å². The van der Waals surface area contributed by atoms with Crippen LogP contribution < -0.4 is 5.32 Å². The molecule has 1 aromatic rings. The molecule has 23 heavy (non-hydrogen) atoms. The smallest absolute Gasteiger partial charge is 0.409 e. The molecule has 6 heteroatoms. The molecule has 1 N–H and O–H groups in total. The van der Waals surface area contributed by atoms with Gasteiger partial charge in [0.05, 0.1) is 6.61 Å². The van der Waals surface area contributed by atoms with Gasteiger partial charge in [0.15, 0.2) is 0 Å².